The van der Waals surface area contributed by atoms with Gasteiger partial charge in [0.25, 0.3) is 5.91 Å². The van der Waals surface area contributed by atoms with Gasteiger partial charge in [0, 0.05) is 19.0 Å². The molecular formula is C13H16N2O3S. The van der Waals surface area contributed by atoms with Gasteiger partial charge in [-0.25, -0.2) is 0 Å². The zero-order valence-electron chi connectivity index (χ0n) is 10.9. The Bertz CT molecular complexity index is 513. The van der Waals surface area contributed by atoms with Gasteiger partial charge < -0.3 is 15.3 Å². The minimum absolute atomic E-state index is 0.0279. The normalized spacial score (nSPS) is 9.42. The van der Waals surface area contributed by atoms with E-state index < -0.39 is 0 Å². The first-order valence-electron chi connectivity index (χ1n) is 5.79. The van der Waals surface area contributed by atoms with E-state index in [1.54, 1.807) is 18.5 Å². The van der Waals surface area contributed by atoms with E-state index in [-0.39, 0.29) is 25.0 Å². The monoisotopic (exact) mass is 280 g/mol. The number of carbonyl (C=O) groups excluding carboxylic acids is 2. The van der Waals surface area contributed by atoms with Crippen LogP contribution in [0.4, 0.5) is 0 Å². The van der Waals surface area contributed by atoms with Crippen molar-refractivity contribution in [2.75, 3.05) is 26.7 Å². The smallest absolute Gasteiger partial charge is 0.254 e. The summed E-state index contributed by atoms with van der Waals surface area (Å²) in [6.45, 7) is 2.18. The van der Waals surface area contributed by atoms with Crippen molar-refractivity contribution in [3.63, 3.8) is 0 Å². The highest BCUT2D eigenvalue weighted by Gasteiger charge is 2.15. The summed E-state index contributed by atoms with van der Waals surface area (Å²) < 4.78 is 0. The van der Waals surface area contributed by atoms with Crippen molar-refractivity contribution in [2.45, 2.75) is 6.92 Å². The van der Waals surface area contributed by atoms with Crippen LogP contribution in [-0.2, 0) is 4.79 Å². The molecule has 0 bridgehead atoms. The lowest BCUT2D eigenvalue weighted by Gasteiger charge is -2.15. The Morgan fingerprint density at radius 1 is 1.53 bits per heavy atom. The number of rotatable bonds is 4. The van der Waals surface area contributed by atoms with E-state index in [0.29, 0.717) is 17.0 Å². The topological polar surface area (TPSA) is 69.6 Å². The molecule has 19 heavy (non-hydrogen) atoms. The fourth-order valence-corrected chi connectivity index (χ4v) is 2.15. The third kappa shape index (κ3) is 4.73. The average molecular weight is 280 g/mol. The molecule has 0 unspecified atom stereocenters. The van der Waals surface area contributed by atoms with Crippen molar-refractivity contribution in [2.24, 2.45) is 0 Å². The van der Waals surface area contributed by atoms with Crippen LogP contribution in [0, 0.1) is 11.8 Å². The summed E-state index contributed by atoms with van der Waals surface area (Å²) in [6, 6.07) is 1.66. The molecule has 0 aliphatic rings. The first-order valence-corrected chi connectivity index (χ1v) is 6.66. The minimum Gasteiger partial charge on any atom is -0.384 e. The zero-order valence-corrected chi connectivity index (χ0v) is 11.7. The van der Waals surface area contributed by atoms with Gasteiger partial charge in [0.05, 0.1) is 17.0 Å². The Hall–Kier alpha value is -1.84. The van der Waals surface area contributed by atoms with E-state index in [1.807, 2.05) is 6.92 Å². The molecule has 2 N–H and O–H groups in total. The van der Waals surface area contributed by atoms with Gasteiger partial charge in [0.2, 0.25) is 5.91 Å². The van der Waals surface area contributed by atoms with Crippen molar-refractivity contribution in [3.8, 4) is 11.8 Å². The van der Waals surface area contributed by atoms with Crippen molar-refractivity contribution < 1.29 is 14.7 Å². The highest BCUT2D eigenvalue weighted by Crippen LogP contribution is 2.15. The van der Waals surface area contributed by atoms with Crippen molar-refractivity contribution >= 4 is 23.2 Å². The molecule has 1 rings (SSSR count). The summed E-state index contributed by atoms with van der Waals surface area (Å²) in [5.41, 5.74) is 0.499. The Kier molecular flexibility index (Phi) is 6.06. The first-order chi connectivity index (χ1) is 9.08. The second kappa shape index (κ2) is 7.56. The lowest BCUT2D eigenvalue weighted by atomic mass is 10.2. The second-order valence-corrected chi connectivity index (χ2v) is 4.69. The molecular weight excluding hydrogens is 264 g/mol. The number of aliphatic hydroxyl groups excluding tert-OH is 1. The van der Waals surface area contributed by atoms with Crippen LogP contribution in [0.3, 0.4) is 0 Å². The van der Waals surface area contributed by atoms with Crippen LogP contribution in [0.2, 0.25) is 0 Å². The van der Waals surface area contributed by atoms with E-state index in [0.717, 1.165) is 0 Å². The molecule has 5 nitrogen and oxygen atoms in total. The molecule has 0 saturated carbocycles. The minimum atomic E-state index is -0.223. The standard InChI is InChI=1S/C13H16N2O3S/c1-3-14-12(17)8-15(2)13(18)10-7-11(19-9-10)5-4-6-16/h7,9,16H,3,6,8H2,1-2H3,(H,14,17). The van der Waals surface area contributed by atoms with Gasteiger partial charge >= 0.3 is 0 Å². The highest BCUT2D eigenvalue weighted by molar-refractivity contribution is 7.10. The molecule has 0 aliphatic carbocycles. The van der Waals surface area contributed by atoms with E-state index >= 15 is 0 Å². The lowest BCUT2D eigenvalue weighted by Crippen LogP contribution is -2.38. The Labute approximate surface area is 116 Å². The number of aliphatic hydroxyl groups is 1. The number of nitrogens with one attached hydrogen (secondary N) is 1. The highest BCUT2D eigenvalue weighted by atomic mass is 32.1. The van der Waals surface area contributed by atoms with Gasteiger partial charge in [-0.3, -0.25) is 9.59 Å². The maximum absolute atomic E-state index is 12.0. The van der Waals surface area contributed by atoms with Crippen LogP contribution in [0.15, 0.2) is 11.4 Å². The molecule has 1 heterocycles. The Morgan fingerprint density at radius 3 is 2.89 bits per heavy atom. The zero-order chi connectivity index (χ0) is 14.3. The van der Waals surface area contributed by atoms with Gasteiger partial charge in [0.15, 0.2) is 0 Å². The number of likely N-dealkylation sites (N-methyl/N-ethyl adjacent to an activating group) is 2. The Balaban J connectivity index is 2.66. The number of carbonyl (C=O) groups is 2. The Morgan fingerprint density at radius 2 is 2.26 bits per heavy atom. The molecule has 0 radical (unpaired) electrons. The number of hydrogen-bond acceptors (Lipinski definition) is 4. The van der Waals surface area contributed by atoms with Gasteiger partial charge in [-0.15, -0.1) is 11.3 Å². The van der Waals surface area contributed by atoms with E-state index in [2.05, 4.69) is 17.2 Å². The third-order valence-corrected chi connectivity index (χ3v) is 3.08. The van der Waals surface area contributed by atoms with Gasteiger partial charge in [-0.05, 0) is 13.0 Å². The third-order valence-electron chi connectivity index (χ3n) is 2.24. The van der Waals surface area contributed by atoms with Crippen LogP contribution in [-0.4, -0.2) is 48.6 Å². The van der Waals surface area contributed by atoms with Gasteiger partial charge in [-0.2, -0.15) is 0 Å². The number of hydrogen-bond donors (Lipinski definition) is 2. The van der Waals surface area contributed by atoms with Crippen LogP contribution in [0.5, 0.6) is 0 Å². The molecule has 0 saturated heterocycles. The fraction of sp³-hybridized carbons (Fsp3) is 0.385. The predicted octanol–water partition coefficient (Wildman–Crippen LogP) is 0.300. The molecule has 0 atom stereocenters. The van der Waals surface area contributed by atoms with E-state index in [4.69, 9.17) is 5.11 Å². The molecule has 6 heteroatoms. The molecule has 102 valence electrons. The maximum Gasteiger partial charge on any atom is 0.254 e. The largest absolute Gasteiger partial charge is 0.384 e. The van der Waals surface area contributed by atoms with Crippen molar-refractivity contribution in [1.82, 2.24) is 10.2 Å². The molecule has 0 aliphatic heterocycles. The van der Waals surface area contributed by atoms with Crippen LogP contribution < -0.4 is 5.32 Å². The van der Waals surface area contributed by atoms with E-state index in [1.165, 1.54) is 16.2 Å². The van der Waals surface area contributed by atoms with E-state index in [9.17, 15) is 9.59 Å². The molecule has 0 fully saturated rings. The lowest BCUT2D eigenvalue weighted by molar-refractivity contribution is -0.121. The summed E-state index contributed by atoms with van der Waals surface area (Å²) in [5, 5.41) is 12.9. The number of thiophene rings is 1. The summed E-state index contributed by atoms with van der Waals surface area (Å²) in [7, 11) is 1.58. The molecule has 0 aromatic carbocycles. The average Bonchev–Trinajstić information content (AvgIpc) is 2.84. The number of amides is 2. The summed E-state index contributed by atoms with van der Waals surface area (Å²) in [6.07, 6.45) is 0. The quantitative estimate of drug-likeness (QED) is 0.779. The van der Waals surface area contributed by atoms with Gasteiger partial charge in [0.1, 0.15) is 6.61 Å². The fourth-order valence-electron chi connectivity index (χ4n) is 1.40. The molecule has 0 spiro atoms. The van der Waals surface area contributed by atoms with Crippen LogP contribution in [0.25, 0.3) is 0 Å². The second-order valence-electron chi connectivity index (χ2n) is 3.77. The van der Waals surface area contributed by atoms with Crippen molar-refractivity contribution in [1.29, 1.82) is 0 Å². The van der Waals surface area contributed by atoms with Crippen LogP contribution >= 0.6 is 11.3 Å². The maximum atomic E-state index is 12.0. The summed E-state index contributed by atoms with van der Waals surface area (Å²) in [5.74, 6) is 4.85. The molecule has 1 aromatic rings. The van der Waals surface area contributed by atoms with Gasteiger partial charge in [-0.1, -0.05) is 11.8 Å². The molecule has 1 aromatic heterocycles. The summed E-state index contributed by atoms with van der Waals surface area (Å²) in [4.78, 5) is 25.5. The SMILES string of the molecule is CCNC(=O)CN(C)C(=O)c1csc(C#CCO)c1. The summed E-state index contributed by atoms with van der Waals surface area (Å²) >= 11 is 1.33. The van der Waals surface area contributed by atoms with Crippen LogP contribution in [0.1, 0.15) is 22.2 Å². The predicted molar refractivity (Wildman–Crippen MR) is 73.9 cm³/mol. The molecule has 2 amide bonds. The number of nitrogens with zero attached hydrogens (tertiary/aromatic N) is 1. The first kappa shape index (κ1) is 15.2. The van der Waals surface area contributed by atoms with Crippen molar-refractivity contribution in [3.05, 3.63) is 21.9 Å².